The second kappa shape index (κ2) is 6.29. The molecule has 1 aromatic heterocycles. The largest absolute Gasteiger partial charge is 0.385 e. The van der Waals surface area contributed by atoms with Crippen molar-refractivity contribution in [1.82, 2.24) is 10.2 Å². The Morgan fingerprint density at radius 3 is 2.83 bits per heavy atom. The van der Waals surface area contributed by atoms with Crippen molar-refractivity contribution in [2.24, 2.45) is 0 Å². The van der Waals surface area contributed by atoms with E-state index in [-0.39, 0.29) is 16.9 Å². The summed E-state index contributed by atoms with van der Waals surface area (Å²) in [7, 11) is 0. The van der Waals surface area contributed by atoms with E-state index in [2.05, 4.69) is 15.5 Å². The van der Waals surface area contributed by atoms with Crippen LogP contribution in [0.2, 0.25) is 5.02 Å². The fourth-order valence-electron chi connectivity index (χ4n) is 3.01. The Balaban J connectivity index is 1.68. The zero-order valence-electron chi connectivity index (χ0n) is 12.4. The molecule has 3 N–H and O–H groups in total. The van der Waals surface area contributed by atoms with Gasteiger partial charge >= 0.3 is 0 Å². The molecule has 1 fully saturated rings. The Morgan fingerprint density at radius 2 is 2.13 bits per heavy atom. The molecule has 0 saturated heterocycles. The number of nitrogens with zero attached hydrogens (tertiary/aromatic N) is 1. The van der Waals surface area contributed by atoms with Crippen molar-refractivity contribution < 1.29 is 9.50 Å². The predicted octanol–water partition coefficient (Wildman–Crippen LogP) is 2.80. The molecule has 0 atom stereocenters. The summed E-state index contributed by atoms with van der Waals surface area (Å²) in [6.45, 7) is 0. The zero-order chi connectivity index (χ0) is 16.4. The third-order valence-electron chi connectivity index (χ3n) is 4.33. The number of aromatic amines is 1. The third-order valence-corrected chi connectivity index (χ3v) is 4.71. The van der Waals surface area contributed by atoms with Crippen LogP contribution in [0.3, 0.4) is 0 Å². The molecule has 1 aliphatic rings. The molecular weight excluding hydrogens is 321 g/mol. The molecule has 23 heavy (non-hydrogen) atoms. The SMILES string of the molecule is O=c1[nH]ncc(NC2CCC(O)(c3cccc(F)c3)CC2)c1Cl. The van der Waals surface area contributed by atoms with Crippen LogP contribution in [-0.2, 0) is 5.60 Å². The molecule has 0 amide bonds. The maximum Gasteiger partial charge on any atom is 0.285 e. The van der Waals surface area contributed by atoms with Crippen molar-refractivity contribution in [3.8, 4) is 0 Å². The first kappa shape index (κ1) is 16.0. The van der Waals surface area contributed by atoms with Gasteiger partial charge in [0.25, 0.3) is 5.56 Å². The van der Waals surface area contributed by atoms with E-state index in [1.807, 2.05) is 0 Å². The van der Waals surface area contributed by atoms with Crippen LogP contribution in [0, 0.1) is 5.82 Å². The molecule has 1 saturated carbocycles. The summed E-state index contributed by atoms with van der Waals surface area (Å²) in [6.07, 6.45) is 3.83. The number of benzene rings is 1. The number of hydrogen-bond acceptors (Lipinski definition) is 4. The second-order valence-corrected chi connectivity index (χ2v) is 6.27. The van der Waals surface area contributed by atoms with E-state index in [1.165, 1.54) is 18.3 Å². The van der Waals surface area contributed by atoms with Crippen molar-refractivity contribution in [3.05, 3.63) is 57.2 Å². The molecule has 7 heteroatoms. The van der Waals surface area contributed by atoms with Gasteiger partial charge in [0.1, 0.15) is 10.8 Å². The van der Waals surface area contributed by atoms with Gasteiger partial charge in [-0.25, -0.2) is 9.49 Å². The first-order valence-corrected chi connectivity index (χ1v) is 7.84. The van der Waals surface area contributed by atoms with E-state index < -0.39 is 11.2 Å². The molecule has 2 aromatic rings. The minimum Gasteiger partial charge on any atom is -0.385 e. The molecule has 0 bridgehead atoms. The monoisotopic (exact) mass is 337 g/mol. The summed E-state index contributed by atoms with van der Waals surface area (Å²) in [6, 6.07) is 6.17. The lowest BCUT2D eigenvalue weighted by Gasteiger charge is -2.37. The van der Waals surface area contributed by atoms with Crippen molar-refractivity contribution in [1.29, 1.82) is 0 Å². The summed E-state index contributed by atoms with van der Waals surface area (Å²) in [5, 5.41) is 20.0. The van der Waals surface area contributed by atoms with E-state index in [0.717, 1.165) is 0 Å². The van der Waals surface area contributed by atoms with E-state index in [9.17, 15) is 14.3 Å². The van der Waals surface area contributed by atoms with Crippen LogP contribution in [0.25, 0.3) is 0 Å². The molecule has 1 heterocycles. The van der Waals surface area contributed by atoms with Gasteiger partial charge in [-0.1, -0.05) is 23.7 Å². The summed E-state index contributed by atoms with van der Waals surface area (Å²) in [5.74, 6) is -0.349. The van der Waals surface area contributed by atoms with Gasteiger partial charge in [-0.15, -0.1) is 0 Å². The average Bonchev–Trinajstić information content (AvgIpc) is 2.54. The number of aliphatic hydroxyl groups is 1. The lowest BCUT2D eigenvalue weighted by Crippen LogP contribution is -2.36. The molecule has 0 spiro atoms. The quantitative estimate of drug-likeness (QED) is 0.804. The molecule has 5 nitrogen and oxygen atoms in total. The fourth-order valence-corrected chi connectivity index (χ4v) is 3.16. The molecule has 3 rings (SSSR count). The highest BCUT2D eigenvalue weighted by Gasteiger charge is 2.35. The Hall–Kier alpha value is -1.92. The van der Waals surface area contributed by atoms with E-state index in [1.54, 1.807) is 12.1 Å². The Kier molecular flexibility index (Phi) is 4.37. The van der Waals surface area contributed by atoms with Crippen LogP contribution in [0.15, 0.2) is 35.3 Å². The summed E-state index contributed by atoms with van der Waals surface area (Å²) in [5.41, 5.74) is -0.372. The molecule has 1 aromatic carbocycles. The Labute approximate surface area is 137 Å². The van der Waals surface area contributed by atoms with Crippen molar-refractivity contribution >= 4 is 17.3 Å². The second-order valence-electron chi connectivity index (χ2n) is 5.89. The van der Waals surface area contributed by atoms with E-state index in [0.29, 0.717) is 36.9 Å². The lowest BCUT2D eigenvalue weighted by atomic mass is 9.77. The number of aromatic nitrogens is 2. The smallest absolute Gasteiger partial charge is 0.285 e. The molecule has 122 valence electrons. The van der Waals surface area contributed by atoms with Crippen LogP contribution in [-0.4, -0.2) is 21.3 Å². The molecular formula is C16H17ClFN3O2. The Bertz CT molecular complexity index is 757. The van der Waals surface area contributed by atoms with E-state index >= 15 is 0 Å². The highest BCUT2D eigenvalue weighted by molar-refractivity contribution is 6.32. The summed E-state index contributed by atoms with van der Waals surface area (Å²) in [4.78, 5) is 11.4. The zero-order valence-corrected chi connectivity index (χ0v) is 13.1. The van der Waals surface area contributed by atoms with Crippen LogP contribution in [0.1, 0.15) is 31.2 Å². The first-order valence-electron chi connectivity index (χ1n) is 7.46. The minimum atomic E-state index is -1.02. The van der Waals surface area contributed by atoms with Crippen LogP contribution in [0.5, 0.6) is 0 Å². The van der Waals surface area contributed by atoms with Crippen molar-refractivity contribution in [3.63, 3.8) is 0 Å². The Morgan fingerprint density at radius 1 is 1.39 bits per heavy atom. The third kappa shape index (κ3) is 3.38. The number of H-pyrrole nitrogens is 1. The summed E-state index contributed by atoms with van der Waals surface area (Å²) >= 11 is 5.94. The molecule has 0 unspecified atom stereocenters. The van der Waals surface area contributed by atoms with Gasteiger partial charge in [0.15, 0.2) is 0 Å². The van der Waals surface area contributed by atoms with Gasteiger partial charge in [0.05, 0.1) is 17.5 Å². The summed E-state index contributed by atoms with van der Waals surface area (Å²) < 4.78 is 13.4. The first-order chi connectivity index (χ1) is 11.0. The predicted molar refractivity (Wildman–Crippen MR) is 86.0 cm³/mol. The standard InChI is InChI=1S/C16H17ClFN3O2/c17-14-13(9-19-21-15(14)22)20-12-4-6-16(23,7-5-12)10-2-1-3-11(18)8-10/h1-3,8-9,12,23H,4-7H2,(H2,20,21,22). The number of hydrogen-bond donors (Lipinski definition) is 3. The minimum absolute atomic E-state index is 0.0740. The maximum absolute atomic E-state index is 13.4. The number of nitrogens with one attached hydrogen (secondary N) is 2. The lowest BCUT2D eigenvalue weighted by molar-refractivity contribution is -0.00356. The van der Waals surface area contributed by atoms with Gasteiger partial charge in [-0.05, 0) is 43.4 Å². The average molecular weight is 338 g/mol. The van der Waals surface area contributed by atoms with Gasteiger partial charge in [-0.2, -0.15) is 5.10 Å². The van der Waals surface area contributed by atoms with Gasteiger partial charge in [-0.3, -0.25) is 4.79 Å². The molecule has 1 aliphatic carbocycles. The number of rotatable bonds is 3. The fraction of sp³-hybridized carbons (Fsp3) is 0.375. The highest BCUT2D eigenvalue weighted by atomic mass is 35.5. The maximum atomic E-state index is 13.4. The van der Waals surface area contributed by atoms with E-state index in [4.69, 9.17) is 11.6 Å². The van der Waals surface area contributed by atoms with Crippen molar-refractivity contribution in [2.75, 3.05) is 5.32 Å². The van der Waals surface area contributed by atoms with Gasteiger partial charge < -0.3 is 10.4 Å². The van der Waals surface area contributed by atoms with Crippen molar-refractivity contribution in [2.45, 2.75) is 37.3 Å². The van der Waals surface area contributed by atoms with Crippen LogP contribution in [0.4, 0.5) is 10.1 Å². The number of anilines is 1. The van der Waals surface area contributed by atoms with Gasteiger partial charge in [0, 0.05) is 6.04 Å². The topological polar surface area (TPSA) is 78.0 Å². The van der Waals surface area contributed by atoms with Crippen LogP contribution < -0.4 is 10.9 Å². The molecule has 0 aliphatic heterocycles. The van der Waals surface area contributed by atoms with Gasteiger partial charge in [0.2, 0.25) is 0 Å². The normalized spacial score (nSPS) is 24.4. The molecule has 0 radical (unpaired) electrons. The number of halogens is 2. The highest BCUT2D eigenvalue weighted by Crippen LogP contribution is 2.38. The van der Waals surface area contributed by atoms with Crippen LogP contribution >= 0.6 is 11.6 Å².